The van der Waals surface area contributed by atoms with Gasteiger partial charge in [-0.15, -0.1) is 0 Å². The van der Waals surface area contributed by atoms with E-state index < -0.39 is 0 Å². The van der Waals surface area contributed by atoms with Gasteiger partial charge in [0.2, 0.25) is 0 Å². The molecule has 1 atom stereocenters. The molecule has 0 aliphatic carbocycles. The number of carbonyl (C=O) groups excluding carboxylic acids is 1. The number of rotatable bonds is 5. The Morgan fingerprint density at radius 1 is 1.55 bits per heavy atom. The van der Waals surface area contributed by atoms with Gasteiger partial charge in [0.05, 0.1) is 5.60 Å². The minimum absolute atomic E-state index is 0.0290. The standard InChI is InChI=1S/C14H24N4O2/c1-9(7-14(2,3)20-4)16-13(19)12-10-8-15-6-5-11(10)17-18-12/h9,15H,5-8H2,1-4H3,(H,16,19)(H,17,18). The van der Waals surface area contributed by atoms with E-state index in [9.17, 15) is 4.79 Å². The third-order valence-corrected chi connectivity index (χ3v) is 3.75. The van der Waals surface area contributed by atoms with Gasteiger partial charge in [0.15, 0.2) is 5.69 Å². The summed E-state index contributed by atoms with van der Waals surface area (Å²) in [6, 6.07) is 0.0290. The lowest BCUT2D eigenvalue weighted by molar-refractivity contribution is 0.00883. The minimum Gasteiger partial charge on any atom is -0.379 e. The lowest BCUT2D eigenvalue weighted by Crippen LogP contribution is -2.39. The van der Waals surface area contributed by atoms with Gasteiger partial charge in [-0.3, -0.25) is 9.89 Å². The van der Waals surface area contributed by atoms with Crippen LogP contribution < -0.4 is 10.6 Å². The van der Waals surface area contributed by atoms with Crippen LogP contribution in [0.1, 0.15) is 48.9 Å². The van der Waals surface area contributed by atoms with Crippen molar-refractivity contribution in [2.24, 2.45) is 0 Å². The lowest BCUT2D eigenvalue weighted by Gasteiger charge is -2.27. The van der Waals surface area contributed by atoms with Gasteiger partial charge in [-0.25, -0.2) is 0 Å². The molecule has 20 heavy (non-hydrogen) atoms. The number of hydrogen-bond acceptors (Lipinski definition) is 4. The third kappa shape index (κ3) is 3.37. The Hall–Kier alpha value is -1.40. The maximum absolute atomic E-state index is 12.3. The average molecular weight is 280 g/mol. The number of hydrogen-bond donors (Lipinski definition) is 3. The summed E-state index contributed by atoms with van der Waals surface area (Å²) in [4.78, 5) is 12.3. The van der Waals surface area contributed by atoms with E-state index in [-0.39, 0.29) is 17.6 Å². The quantitative estimate of drug-likeness (QED) is 0.751. The predicted molar refractivity (Wildman–Crippen MR) is 76.6 cm³/mol. The number of nitrogens with one attached hydrogen (secondary N) is 3. The maximum atomic E-state index is 12.3. The molecule has 112 valence electrons. The monoisotopic (exact) mass is 280 g/mol. The van der Waals surface area contributed by atoms with E-state index >= 15 is 0 Å². The van der Waals surface area contributed by atoms with Crippen molar-refractivity contribution in [3.05, 3.63) is 17.0 Å². The van der Waals surface area contributed by atoms with E-state index in [4.69, 9.17) is 4.74 Å². The topological polar surface area (TPSA) is 79.0 Å². The van der Waals surface area contributed by atoms with Crippen molar-refractivity contribution in [3.63, 3.8) is 0 Å². The number of H-pyrrole nitrogens is 1. The number of aromatic nitrogens is 2. The van der Waals surface area contributed by atoms with Crippen LogP contribution in [0, 0.1) is 0 Å². The maximum Gasteiger partial charge on any atom is 0.272 e. The normalized spacial score (nSPS) is 16.6. The summed E-state index contributed by atoms with van der Waals surface area (Å²) >= 11 is 0. The number of fused-ring (bicyclic) bond motifs is 1. The fraction of sp³-hybridized carbons (Fsp3) is 0.714. The molecule has 1 aromatic rings. The Kier molecular flexibility index (Phi) is 4.45. The largest absolute Gasteiger partial charge is 0.379 e. The van der Waals surface area contributed by atoms with Crippen molar-refractivity contribution < 1.29 is 9.53 Å². The number of aromatic amines is 1. The summed E-state index contributed by atoms with van der Waals surface area (Å²) in [5, 5.41) is 13.4. The summed E-state index contributed by atoms with van der Waals surface area (Å²) in [7, 11) is 1.68. The Bertz CT molecular complexity index is 482. The van der Waals surface area contributed by atoms with Crippen LogP contribution in [0.4, 0.5) is 0 Å². The minimum atomic E-state index is -0.251. The molecule has 1 unspecified atom stereocenters. The first-order valence-electron chi connectivity index (χ1n) is 7.06. The second-order valence-corrected chi connectivity index (χ2v) is 6.00. The third-order valence-electron chi connectivity index (χ3n) is 3.75. The van der Waals surface area contributed by atoms with E-state index in [0.717, 1.165) is 30.6 Å². The first-order valence-corrected chi connectivity index (χ1v) is 7.06. The smallest absolute Gasteiger partial charge is 0.272 e. The zero-order valence-corrected chi connectivity index (χ0v) is 12.7. The van der Waals surface area contributed by atoms with Crippen LogP contribution in [0.3, 0.4) is 0 Å². The van der Waals surface area contributed by atoms with Crippen LogP contribution >= 0.6 is 0 Å². The van der Waals surface area contributed by atoms with Crippen molar-refractivity contribution in [3.8, 4) is 0 Å². The molecule has 1 aliphatic rings. The molecular weight excluding hydrogens is 256 g/mol. The molecule has 3 N–H and O–H groups in total. The Balaban J connectivity index is 2.00. The van der Waals surface area contributed by atoms with Crippen LogP contribution in [0.5, 0.6) is 0 Å². The predicted octanol–water partition coefficient (Wildman–Crippen LogP) is 0.989. The van der Waals surface area contributed by atoms with E-state index in [2.05, 4.69) is 20.8 Å². The van der Waals surface area contributed by atoms with Gasteiger partial charge < -0.3 is 15.4 Å². The highest BCUT2D eigenvalue weighted by atomic mass is 16.5. The van der Waals surface area contributed by atoms with Crippen molar-refractivity contribution >= 4 is 5.91 Å². The SMILES string of the molecule is COC(C)(C)CC(C)NC(=O)c1n[nH]c2c1CNCC2. The first kappa shape index (κ1) is 15.0. The Morgan fingerprint density at radius 2 is 2.30 bits per heavy atom. The highest BCUT2D eigenvalue weighted by molar-refractivity contribution is 5.94. The molecule has 0 saturated heterocycles. The Morgan fingerprint density at radius 3 is 3.00 bits per heavy atom. The van der Waals surface area contributed by atoms with Crippen molar-refractivity contribution in [2.75, 3.05) is 13.7 Å². The summed E-state index contributed by atoms with van der Waals surface area (Å²) in [5.41, 5.74) is 2.32. The van der Waals surface area contributed by atoms with Gasteiger partial charge in [-0.2, -0.15) is 5.10 Å². The molecule has 2 heterocycles. The molecule has 0 saturated carbocycles. The molecule has 6 nitrogen and oxygen atoms in total. The van der Waals surface area contributed by atoms with Gasteiger partial charge in [0.25, 0.3) is 5.91 Å². The molecule has 1 amide bonds. The van der Waals surface area contributed by atoms with Crippen molar-refractivity contribution in [1.82, 2.24) is 20.8 Å². The van der Waals surface area contributed by atoms with Crippen molar-refractivity contribution in [1.29, 1.82) is 0 Å². The number of carbonyl (C=O) groups is 1. The van der Waals surface area contributed by atoms with Gasteiger partial charge in [-0.05, 0) is 27.2 Å². The van der Waals surface area contributed by atoms with Crippen LogP contribution in [0.2, 0.25) is 0 Å². The van der Waals surface area contributed by atoms with Crippen LogP contribution in [0.25, 0.3) is 0 Å². The van der Waals surface area contributed by atoms with E-state index in [1.165, 1.54) is 0 Å². The van der Waals surface area contributed by atoms with Gasteiger partial charge in [0.1, 0.15) is 0 Å². The highest BCUT2D eigenvalue weighted by Crippen LogP contribution is 2.17. The van der Waals surface area contributed by atoms with Gasteiger partial charge >= 0.3 is 0 Å². The second-order valence-electron chi connectivity index (χ2n) is 6.00. The molecule has 0 radical (unpaired) electrons. The number of ether oxygens (including phenoxy) is 1. The molecule has 0 fully saturated rings. The molecule has 6 heteroatoms. The Labute approximate surface area is 119 Å². The number of methoxy groups -OCH3 is 1. The molecule has 0 bridgehead atoms. The summed E-state index contributed by atoms with van der Waals surface area (Å²) < 4.78 is 5.39. The molecule has 0 aromatic carbocycles. The van der Waals surface area contributed by atoms with Crippen LogP contribution in [0.15, 0.2) is 0 Å². The molecule has 1 aliphatic heterocycles. The van der Waals surface area contributed by atoms with Gasteiger partial charge in [-0.1, -0.05) is 0 Å². The molecule has 1 aromatic heterocycles. The second kappa shape index (κ2) is 5.93. The highest BCUT2D eigenvalue weighted by Gasteiger charge is 2.25. The fourth-order valence-electron chi connectivity index (χ4n) is 2.58. The average Bonchev–Trinajstić information content (AvgIpc) is 2.81. The van der Waals surface area contributed by atoms with Gasteiger partial charge in [0, 0.05) is 43.9 Å². The summed E-state index contributed by atoms with van der Waals surface area (Å²) in [5.74, 6) is -0.120. The molecule has 0 spiro atoms. The zero-order chi connectivity index (χ0) is 14.8. The zero-order valence-electron chi connectivity index (χ0n) is 12.7. The fourth-order valence-corrected chi connectivity index (χ4v) is 2.58. The molecular formula is C14H24N4O2. The van der Waals surface area contributed by atoms with E-state index in [1.54, 1.807) is 7.11 Å². The first-order chi connectivity index (χ1) is 9.43. The molecule has 2 rings (SSSR count). The summed E-state index contributed by atoms with van der Waals surface area (Å²) in [6.07, 6.45) is 1.64. The van der Waals surface area contributed by atoms with Crippen LogP contribution in [-0.2, 0) is 17.7 Å². The van der Waals surface area contributed by atoms with Crippen molar-refractivity contribution in [2.45, 2.75) is 51.8 Å². The number of nitrogens with zero attached hydrogens (tertiary/aromatic N) is 1. The van der Waals surface area contributed by atoms with E-state index in [0.29, 0.717) is 12.2 Å². The number of amides is 1. The summed E-state index contributed by atoms with van der Waals surface area (Å²) in [6.45, 7) is 7.63. The lowest BCUT2D eigenvalue weighted by atomic mass is 9.99. The van der Waals surface area contributed by atoms with Crippen LogP contribution in [-0.4, -0.2) is 41.4 Å². The van der Waals surface area contributed by atoms with E-state index in [1.807, 2.05) is 20.8 Å².